The van der Waals surface area contributed by atoms with E-state index in [1.54, 1.807) is 0 Å². The van der Waals surface area contributed by atoms with Gasteiger partial charge in [0.1, 0.15) is 0 Å². The Morgan fingerprint density at radius 3 is 2.00 bits per heavy atom. The molecule has 0 amide bonds. The summed E-state index contributed by atoms with van der Waals surface area (Å²) >= 11 is 2.53. The molecule has 0 aromatic heterocycles. The van der Waals surface area contributed by atoms with Crippen LogP contribution in [0.2, 0.25) is 0 Å². The van der Waals surface area contributed by atoms with Crippen molar-refractivity contribution < 1.29 is 9.47 Å². The van der Waals surface area contributed by atoms with E-state index in [9.17, 15) is 0 Å². The summed E-state index contributed by atoms with van der Waals surface area (Å²) in [6.45, 7) is 1.62. The molecule has 0 aromatic carbocycles. The van der Waals surface area contributed by atoms with Gasteiger partial charge in [-0.15, -0.1) is 0 Å². The van der Waals surface area contributed by atoms with E-state index in [2.05, 4.69) is 22.6 Å². The summed E-state index contributed by atoms with van der Waals surface area (Å²) < 4.78 is 13.0. The largest absolute Gasteiger partial charge is 0.348 e. The van der Waals surface area contributed by atoms with Gasteiger partial charge in [-0.3, -0.25) is 0 Å². The molecule has 3 rings (SSSR count). The van der Waals surface area contributed by atoms with Gasteiger partial charge in [0, 0.05) is 12.8 Å². The molecule has 1 spiro atoms. The second-order valence-corrected chi connectivity index (χ2v) is 7.78. The molecule has 110 valence electrons. The predicted octanol–water partition coefficient (Wildman–Crippen LogP) is 4.55. The molecular formula is C16H27IO2. The minimum Gasteiger partial charge on any atom is -0.348 e. The van der Waals surface area contributed by atoms with E-state index in [1.807, 2.05) is 0 Å². The smallest absolute Gasteiger partial charge is 0.168 e. The molecule has 0 N–H and O–H groups in total. The van der Waals surface area contributed by atoms with Crippen molar-refractivity contribution in [1.82, 2.24) is 0 Å². The van der Waals surface area contributed by atoms with Crippen molar-refractivity contribution >= 4 is 22.6 Å². The van der Waals surface area contributed by atoms with Gasteiger partial charge in [-0.1, -0.05) is 35.4 Å². The predicted molar refractivity (Wildman–Crippen MR) is 85.5 cm³/mol. The van der Waals surface area contributed by atoms with Crippen molar-refractivity contribution in [1.29, 1.82) is 0 Å². The van der Waals surface area contributed by atoms with Crippen LogP contribution in [0.4, 0.5) is 0 Å². The van der Waals surface area contributed by atoms with Crippen LogP contribution >= 0.6 is 22.6 Å². The summed E-state index contributed by atoms with van der Waals surface area (Å²) in [7, 11) is 0. The molecule has 3 fully saturated rings. The fourth-order valence-corrected chi connectivity index (χ4v) is 5.32. The monoisotopic (exact) mass is 378 g/mol. The quantitative estimate of drug-likeness (QED) is 0.530. The molecule has 2 nitrogen and oxygen atoms in total. The van der Waals surface area contributed by atoms with Gasteiger partial charge in [-0.2, -0.15) is 0 Å². The Morgan fingerprint density at radius 1 is 0.842 bits per heavy atom. The second-order valence-electron chi connectivity index (χ2n) is 6.70. The van der Waals surface area contributed by atoms with Crippen molar-refractivity contribution in [3.05, 3.63) is 0 Å². The molecule has 0 radical (unpaired) electrons. The van der Waals surface area contributed by atoms with Crippen LogP contribution in [0.1, 0.15) is 57.8 Å². The van der Waals surface area contributed by atoms with Gasteiger partial charge in [0.05, 0.1) is 13.2 Å². The average Bonchev–Trinajstić information content (AvgIpc) is 2.90. The highest BCUT2D eigenvalue weighted by atomic mass is 127. The fraction of sp³-hybridized carbons (Fsp3) is 1.00. The zero-order chi connectivity index (χ0) is 13.1. The lowest BCUT2D eigenvalue weighted by molar-refractivity contribution is -0.185. The SMILES string of the molecule is ICCC1CCC(C2CCC3(CC2)OCCO3)CC1. The number of rotatable bonds is 3. The van der Waals surface area contributed by atoms with Gasteiger partial charge in [-0.05, 0) is 54.3 Å². The van der Waals surface area contributed by atoms with Crippen molar-refractivity contribution in [2.45, 2.75) is 63.6 Å². The van der Waals surface area contributed by atoms with Gasteiger partial charge in [0.15, 0.2) is 5.79 Å². The van der Waals surface area contributed by atoms with Crippen LogP contribution in [0.25, 0.3) is 0 Å². The van der Waals surface area contributed by atoms with E-state index < -0.39 is 0 Å². The summed E-state index contributed by atoms with van der Waals surface area (Å²) in [5, 5.41) is 0. The lowest BCUT2D eigenvalue weighted by Gasteiger charge is -2.40. The molecule has 19 heavy (non-hydrogen) atoms. The van der Waals surface area contributed by atoms with Crippen LogP contribution in [0, 0.1) is 17.8 Å². The molecule has 0 aromatic rings. The van der Waals surface area contributed by atoms with Crippen LogP contribution in [-0.2, 0) is 9.47 Å². The summed E-state index contributed by atoms with van der Waals surface area (Å²) in [4.78, 5) is 0. The molecule has 3 heteroatoms. The van der Waals surface area contributed by atoms with Crippen molar-refractivity contribution in [2.75, 3.05) is 17.6 Å². The molecule has 1 heterocycles. The van der Waals surface area contributed by atoms with Crippen molar-refractivity contribution in [2.24, 2.45) is 17.8 Å². The first kappa shape index (κ1) is 14.6. The van der Waals surface area contributed by atoms with Crippen molar-refractivity contribution in [3.63, 3.8) is 0 Å². The topological polar surface area (TPSA) is 18.5 Å². The molecule has 3 aliphatic rings. The number of ether oxygens (including phenoxy) is 2. The maximum Gasteiger partial charge on any atom is 0.168 e. The molecule has 1 saturated heterocycles. The first-order valence-electron chi connectivity index (χ1n) is 8.15. The van der Waals surface area contributed by atoms with E-state index in [0.29, 0.717) is 0 Å². The molecule has 2 aliphatic carbocycles. The molecule has 0 bridgehead atoms. The van der Waals surface area contributed by atoms with Crippen LogP contribution in [0.3, 0.4) is 0 Å². The van der Waals surface area contributed by atoms with Gasteiger partial charge >= 0.3 is 0 Å². The van der Waals surface area contributed by atoms with Crippen LogP contribution in [0.15, 0.2) is 0 Å². The molecule has 0 unspecified atom stereocenters. The third-order valence-electron chi connectivity index (χ3n) is 5.68. The Morgan fingerprint density at radius 2 is 1.42 bits per heavy atom. The normalized spacial score (nSPS) is 35.8. The maximum atomic E-state index is 5.84. The lowest BCUT2D eigenvalue weighted by atomic mass is 9.69. The third kappa shape index (κ3) is 3.46. The number of alkyl halides is 1. The zero-order valence-corrected chi connectivity index (χ0v) is 14.1. The van der Waals surface area contributed by atoms with E-state index in [1.165, 1.54) is 49.4 Å². The van der Waals surface area contributed by atoms with Gasteiger partial charge in [0.2, 0.25) is 0 Å². The second kappa shape index (κ2) is 6.61. The highest BCUT2D eigenvalue weighted by Crippen LogP contribution is 2.45. The Bertz CT molecular complexity index is 270. The van der Waals surface area contributed by atoms with E-state index >= 15 is 0 Å². The lowest BCUT2D eigenvalue weighted by Crippen LogP contribution is -2.37. The Kier molecular flexibility index (Phi) is 5.07. The average molecular weight is 378 g/mol. The van der Waals surface area contributed by atoms with Crippen LogP contribution in [0.5, 0.6) is 0 Å². The van der Waals surface area contributed by atoms with Crippen LogP contribution < -0.4 is 0 Å². The Labute approximate surface area is 131 Å². The number of halogens is 1. The minimum atomic E-state index is -0.158. The van der Waals surface area contributed by atoms with Crippen LogP contribution in [-0.4, -0.2) is 23.4 Å². The third-order valence-corrected chi connectivity index (χ3v) is 6.30. The van der Waals surface area contributed by atoms with Crippen molar-refractivity contribution in [3.8, 4) is 0 Å². The maximum absolute atomic E-state index is 5.84. The highest BCUT2D eigenvalue weighted by Gasteiger charge is 2.42. The minimum absolute atomic E-state index is 0.158. The number of hydrogen-bond acceptors (Lipinski definition) is 2. The first-order chi connectivity index (χ1) is 9.31. The molecule has 2 saturated carbocycles. The standard InChI is InChI=1S/C16H27IO2/c17-10-7-13-1-3-14(4-2-13)15-5-8-16(9-6-15)18-11-12-19-16/h13-15H,1-12H2. The zero-order valence-electron chi connectivity index (χ0n) is 11.9. The van der Waals surface area contributed by atoms with Gasteiger partial charge in [0.25, 0.3) is 0 Å². The summed E-state index contributed by atoms with van der Waals surface area (Å²) in [5.74, 6) is 2.84. The van der Waals surface area contributed by atoms with E-state index in [0.717, 1.165) is 43.8 Å². The van der Waals surface area contributed by atoms with E-state index in [4.69, 9.17) is 9.47 Å². The molecule has 0 atom stereocenters. The van der Waals surface area contributed by atoms with E-state index in [-0.39, 0.29) is 5.79 Å². The first-order valence-corrected chi connectivity index (χ1v) is 9.68. The summed E-state index contributed by atoms with van der Waals surface area (Å²) in [5.41, 5.74) is 0. The molecular weight excluding hydrogens is 351 g/mol. The number of hydrogen-bond donors (Lipinski definition) is 0. The Hall–Kier alpha value is 0.650. The Balaban J connectivity index is 1.44. The van der Waals surface area contributed by atoms with Gasteiger partial charge < -0.3 is 9.47 Å². The summed E-state index contributed by atoms with van der Waals surface area (Å²) in [6, 6.07) is 0. The molecule has 1 aliphatic heterocycles. The summed E-state index contributed by atoms with van der Waals surface area (Å²) in [6.07, 6.45) is 12.4. The highest BCUT2D eigenvalue weighted by molar-refractivity contribution is 14.1. The van der Waals surface area contributed by atoms with Gasteiger partial charge in [-0.25, -0.2) is 0 Å². The fourth-order valence-electron chi connectivity index (χ4n) is 4.44.